The molecule has 7 nitrogen and oxygen atoms in total. The first-order valence-electron chi connectivity index (χ1n) is 7.45. The Kier molecular flexibility index (Phi) is 5.24. The Bertz CT molecular complexity index is 474. The zero-order chi connectivity index (χ0) is 15.6. The molecule has 122 valence electrons. The summed E-state index contributed by atoms with van der Waals surface area (Å²) < 4.78 is 33.0. The van der Waals surface area contributed by atoms with E-state index in [9.17, 15) is 13.2 Å². The van der Waals surface area contributed by atoms with Crippen molar-refractivity contribution in [2.24, 2.45) is 17.6 Å². The van der Waals surface area contributed by atoms with Gasteiger partial charge in [0.15, 0.2) is 0 Å². The molecule has 2 heterocycles. The van der Waals surface area contributed by atoms with E-state index in [0.29, 0.717) is 45.4 Å². The molecule has 0 aromatic heterocycles. The molecular formula is C13H25N3O4S. The van der Waals surface area contributed by atoms with Crippen molar-refractivity contribution in [3.8, 4) is 0 Å². The summed E-state index contributed by atoms with van der Waals surface area (Å²) in [5, 5.41) is 0. The molecule has 0 amide bonds. The molecular weight excluding hydrogens is 294 g/mol. The molecule has 2 unspecified atom stereocenters. The summed E-state index contributed by atoms with van der Waals surface area (Å²) in [5.41, 5.74) is 5.94. The molecule has 2 aliphatic heterocycles. The first-order valence-corrected chi connectivity index (χ1v) is 8.84. The molecule has 2 atom stereocenters. The molecule has 2 fully saturated rings. The van der Waals surface area contributed by atoms with Gasteiger partial charge in [-0.2, -0.15) is 17.0 Å². The molecule has 8 heteroatoms. The summed E-state index contributed by atoms with van der Waals surface area (Å²) in [6.07, 6.45) is 1.74. The van der Waals surface area contributed by atoms with Gasteiger partial charge in [0, 0.05) is 32.2 Å². The van der Waals surface area contributed by atoms with Crippen LogP contribution in [0.3, 0.4) is 0 Å². The molecule has 0 aromatic rings. The fraction of sp³-hybridized carbons (Fsp3) is 0.923. The third-order valence-electron chi connectivity index (χ3n) is 4.58. The van der Waals surface area contributed by atoms with Crippen LogP contribution in [0, 0.1) is 11.8 Å². The second kappa shape index (κ2) is 6.60. The van der Waals surface area contributed by atoms with Crippen molar-refractivity contribution in [3.05, 3.63) is 0 Å². The largest absolute Gasteiger partial charge is 0.469 e. The van der Waals surface area contributed by atoms with E-state index in [1.807, 2.05) is 6.92 Å². The van der Waals surface area contributed by atoms with Crippen molar-refractivity contribution in [2.75, 3.05) is 33.3 Å². The summed E-state index contributed by atoms with van der Waals surface area (Å²) >= 11 is 0. The molecule has 0 saturated carbocycles. The number of nitrogens with two attached hydrogens (primary N) is 1. The lowest BCUT2D eigenvalue weighted by atomic mass is 9.96. The first kappa shape index (κ1) is 16.7. The summed E-state index contributed by atoms with van der Waals surface area (Å²) in [6.45, 7) is 3.68. The van der Waals surface area contributed by atoms with Crippen molar-refractivity contribution in [1.29, 1.82) is 0 Å². The Morgan fingerprint density at radius 1 is 1.14 bits per heavy atom. The van der Waals surface area contributed by atoms with Gasteiger partial charge in [-0.1, -0.05) is 6.92 Å². The Morgan fingerprint density at radius 3 is 2.24 bits per heavy atom. The van der Waals surface area contributed by atoms with E-state index in [2.05, 4.69) is 0 Å². The molecule has 0 spiro atoms. The van der Waals surface area contributed by atoms with Gasteiger partial charge in [0.2, 0.25) is 0 Å². The average molecular weight is 319 g/mol. The Labute approximate surface area is 126 Å². The van der Waals surface area contributed by atoms with Crippen LogP contribution in [-0.4, -0.2) is 62.3 Å². The van der Waals surface area contributed by atoms with Crippen LogP contribution >= 0.6 is 0 Å². The minimum Gasteiger partial charge on any atom is -0.469 e. The number of esters is 1. The van der Waals surface area contributed by atoms with E-state index < -0.39 is 10.2 Å². The molecule has 2 N–H and O–H groups in total. The van der Waals surface area contributed by atoms with Gasteiger partial charge in [0.1, 0.15) is 0 Å². The Hall–Kier alpha value is -0.700. The quantitative estimate of drug-likeness (QED) is 0.726. The van der Waals surface area contributed by atoms with Crippen LogP contribution in [0.5, 0.6) is 0 Å². The minimum absolute atomic E-state index is 0.0708. The van der Waals surface area contributed by atoms with E-state index >= 15 is 0 Å². The van der Waals surface area contributed by atoms with Crippen LogP contribution < -0.4 is 5.73 Å². The van der Waals surface area contributed by atoms with Crippen molar-refractivity contribution in [3.63, 3.8) is 0 Å². The SMILES string of the molecule is COC(=O)C1CCN(S(=O)(=O)N2CCC(N)C(C)C2)CC1. The standard InChI is InChI=1S/C13H25N3O4S/c1-10-9-16(8-5-12(10)14)21(18,19)15-6-3-11(4-7-15)13(17)20-2/h10-12H,3-9,14H2,1-2H3. The normalized spacial score (nSPS) is 30.2. The summed E-state index contributed by atoms with van der Waals surface area (Å²) in [5.74, 6) is -0.263. The van der Waals surface area contributed by atoms with Crippen LogP contribution in [-0.2, 0) is 19.7 Å². The maximum Gasteiger partial charge on any atom is 0.308 e. The molecule has 0 bridgehead atoms. The van der Waals surface area contributed by atoms with Gasteiger partial charge in [-0.05, 0) is 25.2 Å². The lowest BCUT2D eigenvalue weighted by Gasteiger charge is -2.38. The molecule has 21 heavy (non-hydrogen) atoms. The molecule has 2 saturated heterocycles. The van der Waals surface area contributed by atoms with Crippen molar-refractivity contribution >= 4 is 16.2 Å². The monoisotopic (exact) mass is 319 g/mol. The number of piperidine rings is 2. The van der Waals surface area contributed by atoms with E-state index in [1.165, 1.54) is 15.7 Å². The Balaban J connectivity index is 1.97. The highest BCUT2D eigenvalue weighted by Gasteiger charge is 2.37. The fourth-order valence-corrected chi connectivity index (χ4v) is 4.75. The van der Waals surface area contributed by atoms with Gasteiger partial charge < -0.3 is 10.5 Å². The van der Waals surface area contributed by atoms with E-state index in [0.717, 1.165) is 0 Å². The highest BCUT2D eigenvalue weighted by atomic mass is 32.2. The predicted octanol–water partition coefficient (Wildman–Crippen LogP) is -0.215. The predicted molar refractivity (Wildman–Crippen MR) is 78.6 cm³/mol. The Morgan fingerprint density at radius 2 is 1.71 bits per heavy atom. The number of ether oxygens (including phenoxy) is 1. The molecule has 2 rings (SSSR count). The van der Waals surface area contributed by atoms with Crippen LogP contribution in [0.25, 0.3) is 0 Å². The van der Waals surface area contributed by atoms with E-state index in [4.69, 9.17) is 10.5 Å². The zero-order valence-electron chi connectivity index (χ0n) is 12.7. The number of hydrogen-bond donors (Lipinski definition) is 1. The molecule has 0 radical (unpaired) electrons. The van der Waals surface area contributed by atoms with E-state index in [-0.39, 0.29) is 23.8 Å². The number of carbonyl (C=O) groups excluding carboxylic acids is 1. The van der Waals surface area contributed by atoms with Crippen LogP contribution in [0.15, 0.2) is 0 Å². The van der Waals surface area contributed by atoms with Crippen LogP contribution in [0.4, 0.5) is 0 Å². The zero-order valence-corrected chi connectivity index (χ0v) is 13.5. The highest BCUT2D eigenvalue weighted by molar-refractivity contribution is 7.86. The molecule has 0 aliphatic carbocycles. The maximum atomic E-state index is 12.6. The smallest absolute Gasteiger partial charge is 0.308 e. The number of nitrogens with zero attached hydrogens (tertiary/aromatic N) is 2. The fourth-order valence-electron chi connectivity index (χ4n) is 2.99. The number of rotatable bonds is 3. The van der Waals surface area contributed by atoms with Gasteiger partial charge >= 0.3 is 5.97 Å². The van der Waals surface area contributed by atoms with Gasteiger partial charge in [0.05, 0.1) is 13.0 Å². The lowest BCUT2D eigenvalue weighted by molar-refractivity contribution is -0.146. The van der Waals surface area contributed by atoms with Crippen molar-refractivity contribution < 1.29 is 17.9 Å². The summed E-state index contributed by atoms with van der Waals surface area (Å²) in [6, 6.07) is 0.0708. The van der Waals surface area contributed by atoms with Gasteiger partial charge in [-0.15, -0.1) is 0 Å². The van der Waals surface area contributed by atoms with Crippen LogP contribution in [0.2, 0.25) is 0 Å². The molecule has 0 aromatic carbocycles. The summed E-state index contributed by atoms with van der Waals surface area (Å²) in [4.78, 5) is 11.5. The minimum atomic E-state index is -3.44. The van der Waals surface area contributed by atoms with Crippen molar-refractivity contribution in [1.82, 2.24) is 8.61 Å². The second-order valence-corrected chi connectivity index (χ2v) is 7.92. The third kappa shape index (κ3) is 3.56. The maximum absolute atomic E-state index is 12.6. The van der Waals surface area contributed by atoms with Crippen molar-refractivity contribution in [2.45, 2.75) is 32.2 Å². The molecule has 2 aliphatic rings. The lowest BCUT2D eigenvalue weighted by Crippen LogP contribution is -2.54. The number of methoxy groups -OCH3 is 1. The van der Waals surface area contributed by atoms with Gasteiger partial charge in [-0.25, -0.2) is 0 Å². The van der Waals surface area contributed by atoms with Gasteiger partial charge in [-0.3, -0.25) is 4.79 Å². The number of carbonyl (C=O) groups is 1. The van der Waals surface area contributed by atoms with Crippen LogP contribution in [0.1, 0.15) is 26.2 Å². The topological polar surface area (TPSA) is 92.9 Å². The second-order valence-electron chi connectivity index (χ2n) is 5.99. The summed E-state index contributed by atoms with van der Waals surface area (Å²) in [7, 11) is -2.07. The van der Waals surface area contributed by atoms with Gasteiger partial charge in [0.25, 0.3) is 10.2 Å². The number of hydrogen-bond acceptors (Lipinski definition) is 5. The third-order valence-corrected chi connectivity index (χ3v) is 6.58. The van der Waals surface area contributed by atoms with E-state index in [1.54, 1.807) is 0 Å². The highest BCUT2D eigenvalue weighted by Crippen LogP contribution is 2.25. The average Bonchev–Trinajstić information content (AvgIpc) is 2.49. The first-order chi connectivity index (χ1) is 9.86.